The lowest BCUT2D eigenvalue weighted by Crippen LogP contribution is -2.52. The summed E-state index contributed by atoms with van der Waals surface area (Å²) in [5.74, 6) is 1.65. The van der Waals surface area contributed by atoms with Crippen molar-refractivity contribution in [3.63, 3.8) is 0 Å². The highest BCUT2D eigenvalue weighted by Gasteiger charge is 2.42. The first-order valence-corrected chi connectivity index (χ1v) is 17.1. The van der Waals surface area contributed by atoms with Crippen molar-refractivity contribution in [3.8, 4) is 17.2 Å². The zero-order valence-electron chi connectivity index (χ0n) is 27.7. The van der Waals surface area contributed by atoms with E-state index in [0.717, 1.165) is 65.1 Å². The first-order valence-electron chi connectivity index (χ1n) is 17.1. The first-order chi connectivity index (χ1) is 23.1. The van der Waals surface area contributed by atoms with Gasteiger partial charge in [-0.15, -0.1) is 0 Å². The van der Waals surface area contributed by atoms with E-state index in [-0.39, 0.29) is 24.4 Å². The molecular weight excluding hydrogens is 594 g/mol. The third-order valence-electron chi connectivity index (χ3n) is 10.3. The van der Waals surface area contributed by atoms with E-state index in [4.69, 9.17) is 18.9 Å². The lowest BCUT2D eigenvalue weighted by Gasteiger charge is -2.36. The van der Waals surface area contributed by atoms with Crippen molar-refractivity contribution in [3.05, 3.63) is 77.9 Å². The summed E-state index contributed by atoms with van der Waals surface area (Å²) in [5.41, 5.74) is 4.23. The van der Waals surface area contributed by atoms with Gasteiger partial charge in [0.1, 0.15) is 0 Å². The summed E-state index contributed by atoms with van der Waals surface area (Å²) >= 11 is 0. The maximum Gasteiger partial charge on any atom is 0.254 e. The van der Waals surface area contributed by atoms with E-state index in [1.54, 1.807) is 19.2 Å². The molecule has 4 heterocycles. The van der Waals surface area contributed by atoms with Crippen LogP contribution >= 0.6 is 0 Å². The van der Waals surface area contributed by atoms with Gasteiger partial charge in [-0.2, -0.15) is 0 Å². The number of amides is 1. The minimum absolute atomic E-state index is 0.00349. The molecule has 4 aliphatic heterocycles. The fourth-order valence-electron chi connectivity index (χ4n) is 7.72. The van der Waals surface area contributed by atoms with Crippen molar-refractivity contribution < 1.29 is 23.7 Å². The molecule has 2 saturated heterocycles. The summed E-state index contributed by atoms with van der Waals surface area (Å²) in [6, 6.07) is 23.0. The van der Waals surface area contributed by atoms with Gasteiger partial charge in [-0.3, -0.25) is 9.69 Å². The average Bonchev–Trinajstić information content (AvgIpc) is 3.82. The van der Waals surface area contributed by atoms with Crippen LogP contribution in [0.3, 0.4) is 0 Å². The van der Waals surface area contributed by atoms with Crippen LogP contribution in [-0.2, 0) is 10.2 Å². The molecule has 2 atom stereocenters. The predicted molar refractivity (Wildman–Crippen MR) is 183 cm³/mol. The number of carbonyl (C=O) groups excluding carboxylic acids is 1. The second-order valence-corrected chi connectivity index (χ2v) is 12.9. The highest BCUT2D eigenvalue weighted by atomic mass is 16.7. The van der Waals surface area contributed by atoms with Crippen LogP contribution in [0.4, 0.5) is 11.4 Å². The van der Waals surface area contributed by atoms with Crippen LogP contribution in [-0.4, -0.2) is 106 Å². The number of ether oxygens (including phenoxy) is 4. The number of hydrogen-bond acceptors (Lipinski definition) is 9. The largest absolute Gasteiger partial charge is 0.493 e. The molecule has 1 N–H and O–H groups in total. The van der Waals surface area contributed by atoms with Gasteiger partial charge in [-0.05, 0) is 69.1 Å². The Kier molecular flexibility index (Phi) is 9.42. The van der Waals surface area contributed by atoms with Gasteiger partial charge in [-0.25, -0.2) is 0 Å². The number of benzene rings is 3. The van der Waals surface area contributed by atoms with Crippen LogP contribution in [0.2, 0.25) is 0 Å². The molecule has 47 heavy (non-hydrogen) atoms. The summed E-state index contributed by atoms with van der Waals surface area (Å²) in [5, 5.41) is 3.80. The number of hydrogen-bond donors (Lipinski definition) is 1. The Labute approximate surface area is 278 Å². The number of rotatable bonds is 11. The molecule has 0 aliphatic carbocycles. The standard InChI is InChI=1S/C37H47N5O5/c1-3-45-23-22-42-31-13-8-7-12-30(31)38-36(42)40-17-9-16-39(20-21-40)18-14-37(29-10-5-4-6-11-29)15-19-41(26-37)35(43)28-24-32(44-2)34-33(25-28)46-27-47-34/h4-8,10-13,24-25,36,38H,3,9,14-23,26-27H2,1-2H3. The summed E-state index contributed by atoms with van der Waals surface area (Å²) < 4.78 is 22.4. The minimum atomic E-state index is -0.103. The molecular formula is C37H47N5O5. The summed E-state index contributed by atoms with van der Waals surface area (Å²) in [6.07, 6.45) is 3.18. The van der Waals surface area contributed by atoms with Gasteiger partial charge in [0, 0.05) is 56.9 Å². The zero-order chi connectivity index (χ0) is 32.2. The van der Waals surface area contributed by atoms with Gasteiger partial charge in [-0.1, -0.05) is 42.5 Å². The lowest BCUT2D eigenvalue weighted by atomic mass is 9.76. The molecule has 10 heteroatoms. The fraction of sp³-hybridized carbons (Fsp3) is 0.486. The van der Waals surface area contributed by atoms with Crippen LogP contribution in [0.1, 0.15) is 42.1 Å². The molecule has 3 aromatic rings. The topological polar surface area (TPSA) is 79.0 Å². The number of carbonyl (C=O) groups is 1. The van der Waals surface area contributed by atoms with Crippen molar-refractivity contribution in [2.45, 2.75) is 37.9 Å². The number of methoxy groups -OCH3 is 1. The van der Waals surface area contributed by atoms with Crippen molar-refractivity contribution in [1.29, 1.82) is 0 Å². The third-order valence-corrected chi connectivity index (χ3v) is 10.3. The van der Waals surface area contributed by atoms with Gasteiger partial charge in [0.25, 0.3) is 5.91 Å². The van der Waals surface area contributed by atoms with E-state index in [1.807, 2.05) is 4.90 Å². The Morgan fingerprint density at radius 2 is 1.83 bits per heavy atom. The smallest absolute Gasteiger partial charge is 0.254 e. The highest BCUT2D eigenvalue weighted by Crippen LogP contribution is 2.43. The normalized spacial score (nSPS) is 22.6. The van der Waals surface area contributed by atoms with Crippen LogP contribution in [0.25, 0.3) is 0 Å². The maximum atomic E-state index is 13.9. The zero-order valence-corrected chi connectivity index (χ0v) is 27.7. The van der Waals surface area contributed by atoms with Gasteiger partial charge < -0.3 is 39.0 Å². The molecule has 7 rings (SSSR count). The van der Waals surface area contributed by atoms with Gasteiger partial charge in [0.2, 0.25) is 12.5 Å². The number of para-hydroxylation sites is 2. The monoisotopic (exact) mass is 641 g/mol. The number of nitrogens with one attached hydrogen (secondary N) is 1. The van der Waals surface area contributed by atoms with E-state index < -0.39 is 0 Å². The molecule has 0 saturated carbocycles. The SMILES string of the molecule is CCOCCN1c2ccccc2NC1N1CCCN(CCC2(c3ccccc3)CCN(C(=O)c3cc(OC)c4c(c3)OCO4)C2)CC1. The molecule has 0 spiro atoms. The molecule has 1 amide bonds. The van der Waals surface area contributed by atoms with Crippen LogP contribution in [0, 0.1) is 0 Å². The predicted octanol–water partition coefficient (Wildman–Crippen LogP) is 4.86. The molecule has 0 radical (unpaired) electrons. The Balaban J connectivity index is 1.02. The van der Waals surface area contributed by atoms with Crippen LogP contribution in [0.5, 0.6) is 17.2 Å². The summed E-state index contributed by atoms with van der Waals surface area (Å²) in [4.78, 5) is 23.6. The molecule has 2 fully saturated rings. The maximum absolute atomic E-state index is 13.9. The van der Waals surface area contributed by atoms with E-state index in [9.17, 15) is 4.79 Å². The Hall–Kier alpha value is -3.99. The van der Waals surface area contributed by atoms with Gasteiger partial charge >= 0.3 is 0 Å². The molecule has 2 unspecified atom stereocenters. The highest BCUT2D eigenvalue weighted by molar-refractivity contribution is 5.96. The average molecular weight is 642 g/mol. The molecule has 4 aliphatic rings. The number of nitrogens with zero attached hydrogens (tertiary/aromatic N) is 4. The van der Waals surface area contributed by atoms with Crippen molar-refractivity contribution in [2.24, 2.45) is 0 Å². The lowest BCUT2D eigenvalue weighted by molar-refractivity contribution is 0.0780. The molecule has 3 aromatic carbocycles. The van der Waals surface area contributed by atoms with E-state index >= 15 is 0 Å². The second-order valence-electron chi connectivity index (χ2n) is 12.9. The van der Waals surface area contributed by atoms with Gasteiger partial charge in [0.05, 0.1) is 25.1 Å². The van der Waals surface area contributed by atoms with Crippen molar-refractivity contribution in [1.82, 2.24) is 14.7 Å². The van der Waals surface area contributed by atoms with Gasteiger partial charge in [0.15, 0.2) is 17.8 Å². The van der Waals surface area contributed by atoms with Crippen molar-refractivity contribution in [2.75, 3.05) is 89.7 Å². The third kappa shape index (κ3) is 6.46. The number of likely N-dealkylation sites (tertiary alicyclic amines) is 1. The molecule has 0 bridgehead atoms. The van der Waals surface area contributed by atoms with E-state index in [0.29, 0.717) is 42.5 Å². The van der Waals surface area contributed by atoms with E-state index in [1.165, 1.54) is 16.9 Å². The number of fused-ring (bicyclic) bond motifs is 2. The first kappa shape index (κ1) is 31.6. The number of anilines is 2. The molecule has 250 valence electrons. The molecule has 10 nitrogen and oxygen atoms in total. The van der Waals surface area contributed by atoms with Crippen LogP contribution < -0.4 is 24.4 Å². The Morgan fingerprint density at radius 3 is 2.68 bits per heavy atom. The minimum Gasteiger partial charge on any atom is -0.493 e. The Morgan fingerprint density at radius 1 is 0.979 bits per heavy atom. The Bertz CT molecular complexity index is 1540. The van der Waals surface area contributed by atoms with Crippen LogP contribution in [0.15, 0.2) is 66.7 Å². The van der Waals surface area contributed by atoms with Crippen molar-refractivity contribution >= 4 is 17.3 Å². The molecule has 0 aromatic heterocycles. The quantitative estimate of drug-likeness (QED) is 0.296. The summed E-state index contributed by atoms with van der Waals surface area (Å²) in [6.45, 7) is 11.0. The summed E-state index contributed by atoms with van der Waals surface area (Å²) in [7, 11) is 1.59. The van der Waals surface area contributed by atoms with E-state index in [2.05, 4.69) is 81.5 Å². The fourth-order valence-corrected chi connectivity index (χ4v) is 7.72. The second kappa shape index (κ2) is 14.0.